The maximum Gasteiger partial charge on any atom is 0.271 e. The number of H-pyrrole nitrogens is 1. The van der Waals surface area contributed by atoms with Crippen molar-refractivity contribution in [3.8, 4) is 11.4 Å². The van der Waals surface area contributed by atoms with Crippen LogP contribution in [0.2, 0.25) is 10.0 Å². The zero-order valence-electron chi connectivity index (χ0n) is 14.5. The van der Waals surface area contributed by atoms with E-state index in [0.717, 1.165) is 27.2 Å². The number of benzene rings is 2. The SMILES string of the molecule is Cn1c(SCc2c[nH]c3cc([N+](=O)[O-])ccc23)nnc1-c1ccc(Cl)cc1Cl. The van der Waals surface area contributed by atoms with Crippen LogP contribution in [0.25, 0.3) is 22.3 Å². The molecule has 0 radical (unpaired) electrons. The van der Waals surface area contributed by atoms with Crippen molar-refractivity contribution in [1.82, 2.24) is 19.7 Å². The van der Waals surface area contributed by atoms with E-state index in [0.29, 0.717) is 21.6 Å². The number of aromatic amines is 1. The second-order valence-corrected chi connectivity index (χ2v) is 7.87. The molecular weight excluding hydrogens is 421 g/mol. The lowest BCUT2D eigenvalue weighted by Crippen LogP contribution is -1.95. The molecule has 0 spiro atoms. The van der Waals surface area contributed by atoms with E-state index in [9.17, 15) is 10.1 Å². The Kier molecular flexibility index (Phi) is 5.01. The van der Waals surface area contributed by atoms with Gasteiger partial charge in [0, 0.05) is 47.1 Å². The van der Waals surface area contributed by atoms with Crippen molar-refractivity contribution < 1.29 is 4.92 Å². The fourth-order valence-corrected chi connectivity index (χ4v) is 4.29. The Labute approximate surface area is 173 Å². The van der Waals surface area contributed by atoms with Crippen LogP contribution in [0.5, 0.6) is 0 Å². The molecule has 0 aliphatic heterocycles. The third-order valence-corrected chi connectivity index (χ3v) is 5.94. The number of nitrogens with zero attached hydrogens (tertiary/aromatic N) is 4. The van der Waals surface area contributed by atoms with Crippen LogP contribution in [-0.4, -0.2) is 24.7 Å². The van der Waals surface area contributed by atoms with E-state index >= 15 is 0 Å². The zero-order valence-corrected chi connectivity index (χ0v) is 16.8. The number of halogens is 2. The van der Waals surface area contributed by atoms with E-state index in [2.05, 4.69) is 15.2 Å². The minimum Gasteiger partial charge on any atom is -0.361 e. The van der Waals surface area contributed by atoms with Gasteiger partial charge in [0.15, 0.2) is 11.0 Å². The molecule has 0 saturated carbocycles. The third kappa shape index (κ3) is 3.46. The average molecular weight is 434 g/mol. The molecule has 28 heavy (non-hydrogen) atoms. The number of nitrogens with one attached hydrogen (secondary N) is 1. The van der Waals surface area contributed by atoms with Gasteiger partial charge in [-0.3, -0.25) is 10.1 Å². The lowest BCUT2D eigenvalue weighted by Gasteiger charge is -2.06. The first kappa shape index (κ1) is 18.8. The van der Waals surface area contributed by atoms with Gasteiger partial charge < -0.3 is 9.55 Å². The molecule has 4 aromatic rings. The first-order valence-corrected chi connectivity index (χ1v) is 9.90. The molecule has 0 amide bonds. The molecule has 7 nitrogen and oxygen atoms in total. The summed E-state index contributed by atoms with van der Waals surface area (Å²) in [4.78, 5) is 13.6. The predicted octanol–water partition coefficient (Wildman–Crippen LogP) is 5.47. The topological polar surface area (TPSA) is 89.6 Å². The van der Waals surface area contributed by atoms with Crippen LogP contribution in [0.3, 0.4) is 0 Å². The quantitative estimate of drug-likeness (QED) is 0.256. The first-order valence-electron chi connectivity index (χ1n) is 8.16. The Morgan fingerprint density at radius 1 is 1.21 bits per heavy atom. The van der Waals surface area contributed by atoms with Gasteiger partial charge in [-0.15, -0.1) is 10.2 Å². The van der Waals surface area contributed by atoms with Gasteiger partial charge in [0.05, 0.1) is 15.5 Å². The molecule has 0 unspecified atom stereocenters. The van der Waals surface area contributed by atoms with Crippen LogP contribution in [0.1, 0.15) is 5.56 Å². The van der Waals surface area contributed by atoms with Crippen molar-refractivity contribution in [2.45, 2.75) is 10.9 Å². The molecule has 0 aliphatic carbocycles. The van der Waals surface area contributed by atoms with Gasteiger partial charge in [0.1, 0.15) is 0 Å². The highest BCUT2D eigenvalue weighted by Gasteiger charge is 2.16. The number of nitro benzene ring substituents is 1. The first-order chi connectivity index (χ1) is 13.4. The molecule has 4 rings (SSSR count). The summed E-state index contributed by atoms with van der Waals surface area (Å²) in [5, 5.41) is 22.2. The molecule has 10 heteroatoms. The Bertz CT molecular complexity index is 1200. The highest BCUT2D eigenvalue weighted by molar-refractivity contribution is 7.98. The molecule has 2 aromatic carbocycles. The lowest BCUT2D eigenvalue weighted by molar-refractivity contribution is -0.384. The van der Waals surface area contributed by atoms with Crippen molar-refractivity contribution in [1.29, 1.82) is 0 Å². The van der Waals surface area contributed by atoms with Crippen molar-refractivity contribution in [2.75, 3.05) is 0 Å². The maximum absolute atomic E-state index is 10.9. The molecule has 142 valence electrons. The minimum atomic E-state index is -0.405. The number of rotatable bonds is 5. The summed E-state index contributed by atoms with van der Waals surface area (Å²) in [5.74, 6) is 1.29. The summed E-state index contributed by atoms with van der Waals surface area (Å²) in [5.41, 5.74) is 2.58. The van der Waals surface area contributed by atoms with E-state index in [-0.39, 0.29) is 5.69 Å². The maximum atomic E-state index is 10.9. The Balaban J connectivity index is 1.57. The molecule has 1 N–H and O–H groups in total. The fourth-order valence-electron chi connectivity index (χ4n) is 2.90. The van der Waals surface area contributed by atoms with Crippen LogP contribution >= 0.6 is 35.0 Å². The lowest BCUT2D eigenvalue weighted by atomic mass is 10.2. The Hall–Kier alpha value is -2.55. The summed E-state index contributed by atoms with van der Waals surface area (Å²) in [6.07, 6.45) is 1.86. The molecule has 0 fully saturated rings. The smallest absolute Gasteiger partial charge is 0.271 e. The monoisotopic (exact) mass is 433 g/mol. The van der Waals surface area contributed by atoms with Gasteiger partial charge in [0.2, 0.25) is 0 Å². The number of fused-ring (bicyclic) bond motifs is 1. The van der Waals surface area contributed by atoms with Gasteiger partial charge in [-0.1, -0.05) is 35.0 Å². The molecule has 0 atom stereocenters. The van der Waals surface area contributed by atoms with Gasteiger partial charge >= 0.3 is 0 Å². The predicted molar refractivity (Wildman–Crippen MR) is 111 cm³/mol. The summed E-state index contributed by atoms with van der Waals surface area (Å²) in [6.45, 7) is 0. The summed E-state index contributed by atoms with van der Waals surface area (Å²) in [7, 11) is 1.88. The largest absolute Gasteiger partial charge is 0.361 e. The summed E-state index contributed by atoms with van der Waals surface area (Å²) >= 11 is 13.8. The number of thioether (sulfide) groups is 1. The number of nitro groups is 1. The second-order valence-electron chi connectivity index (χ2n) is 6.08. The van der Waals surface area contributed by atoms with Crippen LogP contribution in [0.15, 0.2) is 47.8 Å². The van der Waals surface area contributed by atoms with E-state index in [4.69, 9.17) is 23.2 Å². The van der Waals surface area contributed by atoms with Crippen LogP contribution in [0, 0.1) is 10.1 Å². The third-order valence-electron chi connectivity index (χ3n) is 4.33. The number of aromatic nitrogens is 4. The number of non-ortho nitro benzene ring substituents is 1. The minimum absolute atomic E-state index is 0.0614. The highest BCUT2D eigenvalue weighted by atomic mass is 35.5. The average Bonchev–Trinajstić information content (AvgIpc) is 3.23. The summed E-state index contributed by atoms with van der Waals surface area (Å²) < 4.78 is 1.87. The van der Waals surface area contributed by atoms with Gasteiger partial charge in [-0.2, -0.15) is 0 Å². The highest BCUT2D eigenvalue weighted by Crippen LogP contribution is 2.32. The van der Waals surface area contributed by atoms with Gasteiger partial charge in [-0.05, 0) is 29.8 Å². The van der Waals surface area contributed by atoms with E-state index in [1.54, 1.807) is 18.2 Å². The van der Waals surface area contributed by atoms with Crippen molar-refractivity contribution in [3.63, 3.8) is 0 Å². The van der Waals surface area contributed by atoms with Crippen molar-refractivity contribution in [3.05, 3.63) is 68.3 Å². The number of hydrogen-bond donors (Lipinski definition) is 1. The van der Waals surface area contributed by atoms with Crippen molar-refractivity contribution in [2.24, 2.45) is 7.05 Å². The fraction of sp³-hybridized carbons (Fsp3) is 0.111. The molecular formula is C18H13Cl2N5O2S. The molecule has 0 aliphatic rings. The van der Waals surface area contributed by atoms with E-state index < -0.39 is 4.92 Å². The summed E-state index contributed by atoms with van der Waals surface area (Å²) in [6, 6.07) is 10.0. The van der Waals surface area contributed by atoms with Gasteiger partial charge in [-0.25, -0.2) is 0 Å². The standard InChI is InChI=1S/C18H13Cl2N5O2S/c1-24-17(14-4-2-11(19)6-15(14)20)22-23-18(24)28-9-10-8-21-16-7-12(25(26)27)3-5-13(10)16/h2-8,21H,9H2,1H3. The molecule has 2 heterocycles. The van der Waals surface area contributed by atoms with E-state index in [1.807, 2.05) is 23.9 Å². The zero-order chi connectivity index (χ0) is 19.8. The Morgan fingerprint density at radius 3 is 2.79 bits per heavy atom. The van der Waals surface area contributed by atoms with E-state index in [1.165, 1.54) is 23.9 Å². The number of hydrogen-bond acceptors (Lipinski definition) is 5. The molecule has 2 aromatic heterocycles. The van der Waals surface area contributed by atoms with Crippen molar-refractivity contribution >= 4 is 51.6 Å². The van der Waals surface area contributed by atoms with Crippen LogP contribution < -0.4 is 0 Å². The molecule has 0 bridgehead atoms. The van der Waals surface area contributed by atoms with Crippen LogP contribution in [-0.2, 0) is 12.8 Å². The normalized spacial score (nSPS) is 11.2. The second kappa shape index (κ2) is 7.46. The Morgan fingerprint density at radius 2 is 2.04 bits per heavy atom. The van der Waals surface area contributed by atoms with Gasteiger partial charge in [0.25, 0.3) is 5.69 Å². The molecule has 0 saturated heterocycles. The van der Waals surface area contributed by atoms with Crippen LogP contribution in [0.4, 0.5) is 5.69 Å².